The van der Waals surface area contributed by atoms with Crippen LogP contribution in [-0.2, 0) is 9.53 Å². The fraction of sp³-hybridized carbons (Fsp3) is 0.655. The van der Waals surface area contributed by atoms with Crippen molar-refractivity contribution in [1.29, 1.82) is 0 Å². The second kappa shape index (κ2) is 12.5. The highest BCUT2D eigenvalue weighted by molar-refractivity contribution is 6.31. The van der Waals surface area contributed by atoms with Crippen molar-refractivity contribution >= 4 is 40.9 Å². The summed E-state index contributed by atoms with van der Waals surface area (Å²) in [5.74, 6) is -0.595. The number of amides is 3. The number of hydrogen-bond acceptors (Lipinski definition) is 5. The average Bonchev–Trinajstić information content (AvgIpc) is 2.80. The molecule has 2 aliphatic rings. The van der Waals surface area contributed by atoms with Gasteiger partial charge in [0.2, 0.25) is 0 Å². The zero-order valence-electron chi connectivity index (χ0n) is 23.8. The van der Waals surface area contributed by atoms with Gasteiger partial charge in [-0.1, -0.05) is 18.5 Å². The van der Waals surface area contributed by atoms with Crippen LogP contribution in [0.1, 0.15) is 89.6 Å². The zero-order valence-corrected chi connectivity index (χ0v) is 24.6. The van der Waals surface area contributed by atoms with Gasteiger partial charge in [-0.15, -0.1) is 0 Å². The van der Waals surface area contributed by atoms with Crippen LogP contribution < -0.4 is 15.5 Å². The van der Waals surface area contributed by atoms with Crippen LogP contribution in [0.3, 0.4) is 0 Å². The zero-order chi connectivity index (χ0) is 28.2. The van der Waals surface area contributed by atoms with Gasteiger partial charge in [0.15, 0.2) is 0 Å². The Morgan fingerprint density at radius 1 is 1.16 bits per heavy atom. The maximum absolute atomic E-state index is 13.2. The summed E-state index contributed by atoms with van der Waals surface area (Å²) in [4.78, 5) is 44.2. The number of aliphatic imine (C=N–C) groups is 1. The molecule has 1 fully saturated rings. The molecule has 3 amide bonds. The predicted molar refractivity (Wildman–Crippen MR) is 152 cm³/mol. The molecule has 3 rings (SSSR count). The van der Waals surface area contributed by atoms with E-state index in [0.29, 0.717) is 10.6 Å². The first kappa shape index (κ1) is 29.9. The van der Waals surface area contributed by atoms with Gasteiger partial charge >= 0.3 is 6.09 Å². The molecular weight excluding hydrogens is 504 g/mol. The van der Waals surface area contributed by atoms with Crippen molar-refractivity contribution in [1.82, 2.24) is 10.6 Å². The smallest absolute Gasteiger partial charge is 0.407 e. The van der Waals surface area contributed by atoms with Crippen molar-refractivity contribution in [3.63, 3.8) is 0 Å². The molecule has 1 aliphatic heterocycles. The number of hydrogen-bond donors (Lipinski definition) is 2. The molecule has 0 aromatic heterocycles. The summed E-state index contributed by atoms with van der Waals surface area (Å²) in [7, 11) is 0. The largest absolute Gasteiger partial charge is 0.444 e. The molecule has 1 aromatic rings. The lowest BCUT2D eigenvalue weighted by Crippen LogP contribution is -2.45. The lowest BCUT2D eigenvalue weighted by Gasteiger charge is -2.39. The highest BCUT2D eigenvalue weighted by Crippen LogP contribution is 2.34. The van der Waals surface area contributed by atoms with Gasteiger partial charge in [0.1, 0.15) is 5.60 Å². The molecule has 0 saturated heterocycles. The van der Waals surface area contributed by atoms with Crippen molar-refractivity contribution in [2.45, 2.75) is 98.3 Å². The van der Waals surface area contributed by atoms with E-state index in [-0.39, 0.29) is 48.4 Å². The molecular formula is C29H43ClN4O4. The Kier molecular flexibility index (Phi) is 9.85. The second-order valence-corrected chi connectivity index (χ2v) is 12.2. The van der Waals surface area contributed by atoms with Gasteiger partial charge in [-0.3, -0.25) is 9.59 Å². The maximum Gasteiger partial charge on any atom is 0.407 e. The van der Waals surface area contributed by atoms with Crippen LogP contribution in [0.2, 0.25) is 5.02 Å². The summed E-state index contributed by atoms with van der Waals surface area (Å²) in [6.07, 6.45) is 3.90. The first-order valence-electron chi connectivity index (χ1n) is 13.7. The van der Waals surface area contributed by atoms with Crippen LogP contribution in [0.4, 0.5) is 10.5 Å². The fourth-order valence-electron chi connectivity index (χ4n) is 5.58. The quantitative estimate of drug-likeness (QED) is 0.458. The summed E-state index contributed by atoms with van der Waals surface area (Å²) in [6, 6.07) is 3.97. The Hall–Kier alpha value is -2.61. The molecule has 2 N–H and O–H groups in total. The number of halogens is 1. The van der Waals surface area contributed by atoms with E-state index in [2.05, 4.69) is 27.4 Å². The van der Waals surface area contributed by atoms with Gasteiger partial charge in [0.05, 0.1) is 5.92 Å². The predicted octanol–water partition coefficient (Wildman–Crippen LogP) is 5.68. The number of ether oxygens (including phenoxy) is 1. The van der Waals surface area contributed by atoms with E-state index in [4.69, 9.17) is 16.3 Å². The standard InChI is InChI=1S/C29H43ClN4O4/c1-8-34(22-11-9-21(10-12-22)33-28(37)38-29(5,6)7)25-15-20(30)14-23(19(25)4)26(35)31-16-24-17(2)13-18(3)32-27(24)36/h14-15,17,21-22,24H,8-13,16H2,1-7H3,(H,31,35)(H,33,37). The summed E-state index contributed by atoms with van der Waals surface area (Å²) < 4.78 is 5.41. The van der Waals surface area contributed by atoms with Crippen LogP contribution in [-0.4, -0.2) is 54.4 Å². The Morgan fingerprint density at radius 3 is 2.39 bits per heavy atom. The highest BCUT2D eigenvalue weighted by Gasteiger charge is 2.31. The van der Waals surface area contributed by atoms with Crippen LogP contribution in [0.15, 0.2) is 17.1 Å². The van der Waals surface area contributed by atoms with Gasteiger partial charge in [0.25, 0.3) is 11.8 Å². The SMILES string of the molecule is CCN(c1cc(Cl)cc(C(=O)NCC2C(=O)N=C(C)CC2C)c1C)C1CCC(NC(=O)OC(C)(C)C)CC1. The van der Waals surface area contributed by atoms with Crippen LogP contribution >= 0.6 is 11.6 Å². The topological polar surface area (TPSA) is 100 Å². The van der Waals surface area contributed by atoms with Crippen molar-refractivity contribution in [2.75, 3.05) is 18.0 Å². The molecule has 0 spiro atoms. The maximum atomic E-state index is 13.2. The molecule has 1 aliphatic carbocycles. The minimum Gasteiger partial charge on any atom is -0.444 e. The summed E-state index contributed by atoms with van der Waals surface area (Å²) >= 11 is 6.51. The van der Waals surface area contributed by atoms with Crippen LogP contribution in [0.25, 0.3) is 0 Å². The van der Waals surface area contributed by atoms with Crippen molar-refractivity contribution in [3.05, 3.63) is 28.3 Å². The van der Waals surface area contributed by atoms with Gasteiger partial charge in [0, 0.05) is 47.2 Å². The van der Waals surface area contributed by atoms with E-state index in [1.54, 1.807) is 6.07 Å². The van der Waals surface area contributed by atoms with Crippen molar-refractivity contribution in [2.24, 2.45) is 16.8 Å². The van der Waals surface area contributed by atoms with E-state index in [1.807, 2.05) is 47.6 Å². The molecule has 1 heterocycles. The third kappa shape index (κ3) is 7.71. The number of nitrogens with zero attached hydrogens (tertiary/aromatic N) is 2. The van der Waals surface area contributed by atoms with Gasteiger partial charge in [-0.2, -0.15) is 0 Å². The van der Waals surface area contributed by atoms with Crippen LogP contribution in [0, 0.1) is 18.8 Å². The monoisotopic (exact) mass is 546 g/mol. The fourth-order valence-corrected chi connectivity index (χ4v) is 5.80. The summed E-state index contributed by atoms with van der Waals surface area (Å²) in [5.41, 5.74) is 2.64. The molecule has 1 saturated carbocycles. The van der Waals surface area contributed by atoms with E-state index >= 15 is 0 Å². The third-order valence-corrected chi connectivity index (χ3v) is 7.72. The van der Waals surface area contributed by atoms with E-state index in [9.17, 15) is 14.4 Å². The molecule has 2 unspecified atom stereocenters. The third-order valence-electron chi connectivity index (χ3n) is 7.50. The summed E-state index contributed by atoms with van der Waals surface area (Å²) in [5, 5.41) is 6.46. The molecule has 2 atom stereocenters. The van der Waals surface area contributed by atoms with E-state index < -0.39 is 5.60 Å². The Labute approximate surface area is 231 Å². The molecule has 38 heavy (non-hydrogen) atoms. The molecule has 1 aromatic carbocycles. The Balaban J connectivity index is 1.67. The molecule has 210 valence electrons. The van der Waals surface area contributed by atoms with Gasteiger partial charge in [-0.05, 0) is 97.3 Å². The lowest BCUT2D eigenvalue weighted by atomic mass is 9.86. The van der Waals surface area contributed by atoms with Crippen LogP contribution in [0.5, 0.6) is 0 Å². The minimum atomic E-state index is -0.522. The summed E-state index contributed by atoms with van der Waals surface area (Å²) in [6.45, 7) is 14.5. The van der Waals surface area contributed by atoms with Gasteiger partial charge < -0.3 is 20.3 Å². The van der Waals surface area contributed by atoms with Crippen molar-refractivity contribution < 1.29 is 19.1 Å². The number of benzene rings is 1. The average molecular weight is 547 g/mol. The number of anilines is 1. The number of carbonyl (C=O) groups is 3. The van der Waals surface area contributed by atoms with E-state index in [1.165, 1.54) is 0 Å². The Bertz CT molecular complexity index is 1070. The first-order chi connectivity index (χ1) is 17.8. The number of alkyl carbamates (subject to hydrolysis) is 1. The second-order valence-electron chi connectivity index (χ2n) is 11.7. The number of rotatable bonds is 7. The van der Waals surface area contributed by atoms with Crippen molar-refractivity contribution in [3.8, 4) is 0 Å². The van der Waals surface area contributed by atoms with E-state index in [0.717, 1.165) is 55.6 Å². The molecule has 0 radical (unpaired) electrons. The number of carbonyl (C=O) groups excluding carboxylic acids is 3. The minimum absolute atomic E-state index is 0.0830. The molecule has 9 heteroatoms. The lowest BCUT2D eigenvalue weighted by molar-refractivity contribution is -0.123. The normalized spacial score (nSPS) is 23.9. The highest BCUT2D eigenvalue weighted by atomic mass is 35.5. The molecule has 0 bridgehead atoms. The number of nitrogens with one attached hydrogen (secondary N) is 2. The van der Waals surface area contributed by atoms with Gasteiger partial charge in [-0.25, -0.2) is 9.79 Å². The Morgan fingerprint density at radius 2 is 1.82 bits per heavy atom. The first-order valence-corrected chi connectivity index (χ1v) is 14.1. The molecule has 8 nitrogen and oxygen atoms in total.